The van der Waals surface area contributed by atoms with E-state index in [1.807, 2.05) is 0 Å². The molecule has 98 heavy (non-hydrogen) atoms. The van der Waals surface area contributed by atoms with Crippen LogP contribution in [0.5, 0.6) is 0 Å². The Morgan fingerprint density at radius 2 is 0.551 bits per heavy atom. The van der Waals surface area contributed by atoms with Crippen LogP contribution in [0.3, 0.4) is 0 Å². The SMILES string of the molecule is CC(=O)N[C@H]1[C@H](O[C@H]2[C@@H](O)[C@@H](CO)O[C@@H](O[C@H]3[C@H](O)[C@@H](NC(C)=O)[C@H](OC[C@H]4O[C@@H](O[C@H]5[C@H](O)[C@@H](O)C(O)O[C@@H]5CO)[C@H](O)[C@@H](O[C@@H]5O[C@H](CO)[C@@H](O)[C@H](O[C@@H]6O[C@H](CO)[C@H](O)[C@H](O)[C@H]6O)[C@H]5NC(C)=O)[C@H]4O)O[C@@H]3CO)[C@@H]2O)O[C@H](CO)[C@@H](O[C@@H]2O[C@H](CO)[C@H](O)[C@H](O)[C@H]2O)[C@@H]1O. The summed E-state index contributed by atoms with van der Waals surface area (Å²) in [4.78, 5) is 38.4. The van der Waals surface area contributed by atoms with Gasteiger partial charge < -0.3 is 204 Å². The summed E-state index contributed by atoms with van der Waals surface area (Å²) in [7, 11) is 0. The summed E-state index contributed by atoms with van der Waals surface area (Å²) in [6.07, 6.45) is -73.7. The Kier molecular flexibility index (Phi) is 28.9. The van der Waals surface area contributed by atoms with Crippen molar-refractivity contribution in [2.75, 3.05) is 52.9 Å². The lowest BCUT2D eigenvalue weighted by Crippen LogP contribution is -2.70. The monoisotopic (exact) mass is 1440 g/mol. The first kappa shape index (κ1) is 80.6. The maximum Gasteiger partial charge on any atom is 0.217 e. The smallest absolute Gasteiger partial charge is 0.217 e. The van der Waals surface area contributed by atoms with Gasteiger partial charge in [0.2, 0.25) is 17.7 Å². The Balaban J connectivity index is 1.03. The van der Waals surface area contributed by atoms with E-state index in [2.05, 4.69) is 16.0 Å². The van der Waals surface area contributed by atoms with Crippen LogP contribution in [0, 0.1) is 0 Å². The van der Waals surface area contributed by atoms with Gasteiger partial charge in [-0.1, -0.05) is 0 Å². The van der Waals surface area contributed by atoms with Crippen molar-refractivity contribution in [3.05, 3.63) is 0 Å². The Labute approximate surface area is 554 Å². The molecule has 44 heteroatoms. The lowest BCUT2D eigenvalue weighted by atomic mass is 9.94. The number of aliphatic hydroxyl groups is 23. The van der Waals surface area contributed by atoms with Crippen LogP contribution in [0.25, 0.3) is 0 Å². The standard InChI is InChI=1S/C54H91N3O41/c1-12(65)55-23-31(73)41(94-53-39(81)45(29(71)18(7-61)89-53)97-49-24(56-13(2)66)32(74)42(21(10-64)91-49)93-51-37(79)33(75)26(68)15(4-58)87-51)20(9-63)90-48(23)84-11-22-30(72)46(40(82)54(92-22)95-43-19(8-62)85-47(83)36(78)35(43)77)98-50-25(57-14(3)67)44(28(70)17(6-60)86-50)96-52-38(80)34(76)27(69)16(5-59)88-52/h15-54,58-64,68-83H,4-11H2,1-3H3,(H,55,65)(H,56,66)(H,57,67)/t15-,16-,17-,18-,19-,20-,21-,22-,23-,24-,25-,26+,27+,28-,29+,30+,31-,32-,33+,34+,35-,36-,37-,38-,39-,40-,41-,42-,43-,44-,45+,46+,47?,48-,49+,50+,51+,52+,53+,54+/m1/s1. The number of carbonyl (C=O) groups is 3. The molecule has 8 fully saturated rings. The topological polar surface area (TPSA) is 691 Å². The second-order valence-corrected chi connectivity index (χ2v) is 24.6. The predicted molar refractivity (Wildman–Crippen MR) is 299 cm³/mol. The molecule has 44 nitrogen and oxygen atoms in total. The second kappa shape index (κ2) is 35.1. The first-order valence-corrected chi connectivity index (χ1v) is 31.1. The van der Waals surface area contributed by atoms with Gasteiger partial charge in [-0.15, -0.1) is 0 Å². The lowest BCUT2D eigenvalue weighted by molar-refractivity contribution is -0.385. The Morgan fingerprint density at radius 3 is 0.969 bits per heavy atom. The average molecular weight is 1440 g/mol. The number of carbonyl (C=O) groups excluding carboxylic acids is 3. The Morgan fingerprint density at radius 1 is 0.265 bits per heavy atom. The van der Waals surface area contributed by atoms with Gasteiger partial charge in [0.25, 0.3) is 0 Å². The normalized spacial score (nSPS) is 49.5. The fraction of sp³-hybridized carbons (Fsp3) is 0.944. The van der Waals surface area contributed by atoms with Gasteiger partial charge in [-0.2, -0.15) is 0 Å². The van der Waals surface area contributed by atoms with E-state index in [1.54, 1.807) is 0 Å². The van der Waals surface area contributed by atoms with Crippen molar-refractivity contribution >= 4 is 17.7 Å². The van der Waals surface area contributed by atoms with Crippen LogP contribution < -0.4 is 16.0 Å². The van der Waals surface area contributed by atoms with Crippen molar-refractivity contribution < 1.29 is 203 Å². The molecule has 8 rings (SSSR count). The number of nitrogens with one attached hydrogen (secondary N) is 3. The minimum atomic E-state index is -2.36. The van der Waals surface area contributed by atoms with Gasteiger partial charge in [-0.3, -0.25) is 14.4 Å². The maximum absolute atomic E-state index is 12.9. The number of aliphatic hydroxyl groups excluding tert-OH is 23. The molecule has 8 saturated heterocycles. The molecule has 8 aliphatic heterocycles. The molecule has 0 radical (unpaired) electrons. The number of ether oxygens (including phenoxy) is 15. The van der Waals surface area contributed by atoms with Crippen molar-refractivity contribution in [2.24, 2.45) is 0 Å². The number of hydrogen-bond acceptors (Lipinski definition) is 41. The van der Waals surface area contributed by atoms with Crippen LogP contribution in [-0.2, 0) is 85.4 Å². The molecule has 0 aromatic heterocycles. The highest BCUT2D eigenvalue weighted by molar-refractivity contribution is 5.74. The highest BCUT2D eigenvalue weighted by Gasteiger charge is 2.60. The van der Waals surface area contributed by atoms with Gasteiger partial charge in [0.15, 0.2) is 50.3 Å². The maximum atomic E-state index is 12.9. The molecular weight excluding hydrogens is 1350 g/mol. The van der Waals surface area contributed by atoms with E-state index in [0.717, 1.165) is 20.8 Å². The van der Waals surface area contributed by atoms with Gasteiger partial charge in [-0.05, 0) is 0 Å². The van der Waals surface area contributed by atoms with Crippen LogP contribution in [0.15, 0.2) is 0 Å². The van der Waals surface area contributed by atoms with E-state index < -0.39 is 316 Å². The van der Waals surface area contributed by atoms with Crippen molar-refractivity contribution in [1.29, 1.82) is 0 Å². The Bertz CT molecular complexity index is 2510. The highest BCUT2D eigenvalue weighted by Crippen LogP contribution is 2.39. The molecule has 1 unspecified atom stereocenters. The van der Waals surface area contributed by atoms with Crippen molar-refractivity contribution in [3.63, 3.8) is 0 Å². The summed E-state index contributed by atoms with van der Waals surface area (Å²) in [6.45, 7) is -5.33. The molecule has 0 aromatic carbocycles. The largest absolute Gasteiger partial charge is 0.394 e. The lowest BCUT2D eigenvalue weighted by Gasteiger charge is -2.50. The molecule has 3 amide bonds. The van der Waals surface area contributed by atoms with Gasteiger partial charge >= 0.3 is 0 Å². The van der Waals surface area contributed by atoms with Gasteiger partial charge in [0, 0.05) is 20.8 Å². The predicted octanol–water partition coefficient (Wildman–Crippen LogP) is -18.0. The zero-order valence-electron chi connectivity index (χ0n) is 52.4. The van der Waals surface area contributed by atoms with E-state index in [9.17, 15) is 132 Å². The summed E-state index contributed by atoms with van der Waals surface area (Å²) in [5.41, 5.74) is 0. The van der Waals surface area contributed by atoms with E-state index in [0.29, 0.717) is 0 Å². The zero-order chi connectivity index (χ0) is 72.2. The summed E-state index contributed by atoms with van der Waals surface area (Å²) in [5.74, 6) is -2.70. The molecule has 0 spiro atoms. The third-order valence-corrected chi connectivity index (χ3v) is 17.8. The highest BCUT2D eigenvalue weighted by atomic mass is 16.8. The summed E-state index contributed by atoms with van der Waals surface area (Å²) in [6, 6.07) is -5.50. The fourth-order valence-electron chi connectivity index (χ4n) is 12.6. The zero-order valence-corrected chi connectivity index (χ0v) is 52.4. The third-order valence-electron chi connectivity index (χ3n) is 17.8. The summed E-state index contributed by atoms with van der Waals surface area (Å²) >= 11 is 0. The van der Waals surface area contributed by atoms with Gasteiger partial charge in [-0.25, -0.2) is 0 Å². The molecular formula is C54H91N3O41. The summed E-state index contributed by atoms with van der Waals surface area (Å²) < 4.78 is 87.1. The number of amides is 3. The molecule has 8 heterocycles. The first-order chi connectivity index (χ1) is 46.4. The minimum Gasteiger partial charge on any atom is -0.394 e. The van der Waals surface area contributed by atoms with E-state index in [4.69, 9.17) is 71.1 Å². The van der Waals surface area contributed by atoms with Crippen molar-refractivity contribution in [3.8, 4) is 0 Å². The average Bonchev–Trinajstić information content (AvgIpc) is 0.776. The molecule has 0 aliphatic carbocycles. The van der Waals surface area contributed by atoms with E-state index in [-0.39, 0.29) is 0 Å². The van der Waals surface area contributed by atoms with Crippen LogP contribution in [0.1, 0.15) is 20.8 Å². The molecule has 40 atom stereocenters. The number of rotatable bonds is 25. The van der Waals surface area contributed by atoms with Crippen LogP contribution in [0.2, 0.25) is 0 Å². The molecule has 0 bridgehead atoms. The van der Waals surface area contributed by atoms with Crippen molar-refractivity contribution in [1.82, 2.24) is 16.0 Å². The fourth-order valence-corrected chi connectivity index (χ4v) is 12.6. The van der Waals surface area contributed by atoms with Crippen LogP contribution in [-0.4, -0.2) is 433 Å². The van der Waals surface area contributed by atoms with Gasteiger partial charge in [0.05, 0.1) is 52.9 Å². The van der Waals surface area contributed by atoms with Crippen LogP contribution >= 0.6 is 0 Å². The first-order valence-electron chi connectivity index (χ1n) is 31.1. The summed E-state index contributed by atoms with van der Waals surface area (Å²) in [5, 5.41) is 257. The second-order valence-electron chi connectivity index (χ2n) is 24.6. The molecule has 0 aromatic rings. The molecule has 8 aliphatic rings. The molecule has 26 N–H and O–H groups in total. The van der Waals surface area contributed by atoms with Gasteiger partial charge in [0.1, 0.15) is 195 Å². The Hall–Kier alpha value is -3.11. The number of hydrogen-bond donors (Lipinski definition) is 26. The van der Waals surface area contributed by atoms with E-state index >= 15 is 0 Å². The minimum absolute atomic E-state index is 0.868. The van der Waals surface area contributed by atoms with Crippen molar-refractivity contribution in [2.45, 2.75) is 266 Å². The third kappa shape index (κ3) is 17.5. The molecule has 568 valence electrons. The van der Waals surface area contributed by atoms with E-state index in [1.165, 1.54) is 0 Å². The van der Waals surface area contributed by atoms with Crippen LogP contribution in [0.4, 0.5) is 0 Å². The quantitative estimate of drug-likeness (QED) is 0.0404. The molecule has 0 saturated carbocycles.